The summed E-state index contributed by atoms with van der Waals surface area (Å²) in [5.74, 6) is -1.57. The van der Waals surface area contributed by atoms with Crippen LogP contribution in [0.3, 0.4) is 0 Å². The molecule has 2 N–H and O–H groups in total. The molecule has 17 heavy (non-hydrogen) atoms. The first-order valence-corrected chi connectivity index (χ1v) is 4.45. The Hall–Kier alpha value is -1.70. The number of halogens is 4. The Bertz CT molecular complexity index is 457. The normalized spacial score (nSPS) is 13.5. The quantitative estimate of drug-likeness (QED) is 0.499. The molecular weight excluding hydrogens is 244 g/mol. The second-order valence-corrected chi connectivity index (χ2v) is 3.44. The van der Waals surface area contributed by atoms with E-state index in [1.807, 2.05) is 0 Å². The number of rotatable bonds is 2. The maximum absolute atomic E-state index is 13.4. The van der Waals surface area contributed by atoms with E-state index in [1.54, 1.807) is 0 Å². The van der Waals surface area contributed by atoms with Gasteiger partial charge in [-0.15, -0.1) is 0 Å². The van der Waals surface area contributed by atoms with Crippen molar-refractivity contribution in [2.75, 3.05) is 0 Å². The molecule has 0 aliphatic rings. The lowest BCUT2D eigenvalue weighted by atomic mass is 10.0. The van der Waals surface area contributed by atoms with Gasteiger partial charge in [-0.25, -0.2) is 4.39 Å². The van der Waals surface area contributed by atoms with Gasteiger partial charge in [-0.05, 0) is 6.92 Å². The minimum absolute atomic E-state index is 0.154. The summed E-state index contributed by atoms with van der Waals surface area (Å²) in [6.45, 7) is 1.24. The summed E-state index contributed by atoms with van der Waals surface area (Å²) in [7, 11) is 0. The maximum atomic E-state index is 13.4. The number of nitro groups is 1. The highest BCUT2D eigenvalue weighted by molar-refractivity contribution is 5.42. The SMILES string of the molecule is C[C@@H](N)c1cc([N+](=O)[O-])cc(C(F)(F)F)c1F. The van der Waals surface area contributed by atoms with Gasteiger partial charge in [-0.3, -0.25) is 10.1 Å². The summed E-state index contributed by atoms with van der Waals surface area (Å²) < 4.78 is 50.7. The van der Waals surface area contributed by atoms with Gasteiger partial charge in [0, 0.05) is 23.7 Å². The van der Waals surface area contributed by atoms with Crippen LogP contribution in [0.1, 0.15) is 24.1 Å². The number of hydrogen-bond acceptors (Lipinski definition) is 3. The summed E-state index contributed by atoms with van der Waals surface area (Å²) in [5.41, 5.74) is 2.21. The van der Waals surface area contributed by atoms with Crippen LogP contribution in [-0.4, -0.2) is 4.92 Å². The summed E-state index contributed by atoms with van der Waals surface area (Å²) in [6, 6.07) is -0.216. The fraction of sp³-hybridized carbons (Fsp3) is 0.333. The molecule has 0 saturated heterocycles. The summed E-state index contributed by atoms with van der Waals surface area (Å²) in [5, 5.41) is 10.4. The summed E-state index contributed by atoms with van der Waals surface area (Å²) in [4.78, 5) is 9.41. The predicted molar refractivity (Wildman–Crippen MR) is 50.7 cm³/mol. The van der Waals surface area contributed by atoms with Gasteiger partial charge in [0.05, 0.1) is 10.5 Å². The number of nitro benzene ring substituents is 1. The van der Waals surface area contributed by atoms with Crippen LogP contribution in [0.5, 0.6) is 0 Å². The van der Waals surface area contributed by atoms with Crippen molar-refractivity contribution in [3.8, 4) is 0 Å². The third kappa shape index (κ3) is 2.70. The molecule has 8 heteroatoms. The van der Waals surface area contributed by atoms with Crippen LogP contribution in [0, 0.1) is 15.9 Å². The van der Waals surface area contributed by atoms with Crippen LogP contribution in [0.4, 0.5) is 23.2 Å². The lowest BCUT2D eigenvalue weighted by Crippen LogP contribution is -2.15. The topological polar surface area (TPSA) is 69.2 Å². The molecule has 0 aliphatic heterocycles. The zero-order valence-electron chi connectivity index (χ0n) is 8.58. The first-order valence-electron chi connectivity index (χ1n) is 4.45. The molecule has 0 radical (unpaired) electrons. The van der Waals surface area contributed by atoms with Crippen molar-refractivity contribution in [1.29, 1.82) is 0 Å². The van der Waals surface area contributed by atoms with E-state index < -0.39 is 39.8 Å². The standard InChI is InChI=1S/C9H8F4N2O2/c1-4(14)6-2-5(15(16)17)3-7(8(6)10)9(11,12)13/h2-4H,14H2,1H3/t4-/m1/s1. The van der Waals surface area contributed by atoms with Crippen LogP contribution in [0.2, 0.25) is 0 Å². The molecular formula is C9H8F4N2O2. The van der Waals surface area contributed by atoms with Crippen molar-refractivity contribution in [2.45, 2.75) is 19.1 Å². The highest BCUT2D eigenvalue weighted by atomic mass is 19.4. The zero-order chi connectivity index (χ0) is 13.4. The Balaban J connectivity index is 3.55. The molecule has 0 bridgehead atoms. The summed E-state index contributed by atoms with van der Waals surface area (Å²) >= 11 is 0. The van der Waals surface area contributed by atoms with Gasteiger partial charge in [0.2, 0.25) is 0 Å². The highest BCUT2D eigenvalue weighted by Crippen LogP contribution is 2.36. The summed E-state index contributed by atoms with van der Waals surface area (Å²) in [6.07, 6.45) is -5.00. The van der Waals surface area contributed by atoms with Gasteiger partial charge in [0.25, 0.3) is 5.69 Å². The smallest absolute Gasteiger partial charge is 0.324 e. The molecule has 0 spiro atoms. The van der Waals surface area contributed by atoms with Gasteiger partial charge in [0.15, 0.2) is 0 Å². The van der Waals surface area contributed by atoms with Gasteiger partial charge in [0.1, 0.15) is 5.82 Å². The molecule has 0 fully saturated rings. The third-order valence-electron chi connectivity index (χ3n) is 2.09. The molecule has 1 rings (SSSR count). The number of nitrogens with two attached hydrogens (primary N) is 1. The van der Waals surface area contributed by atoms with Gasteiger partial charge in [-0.1, -0.05) is 0 Å². The Labute approximate surface area is 93.2 Å². The average molecular weight is 252 g/mol. The van der Waals surface area contributed by atoms with E-state index in [9.17, 15) is 27.7 Å². The first kappa shape index (κ1) is 13.4. The molecule has 94 valence electrons. The van der Waals surface area contributed by atoms with Crippen molar-refractivity contribution < 1.29 is 22.5 Å². The van der Waals surface area contributed by atoms with E-state index in [1.165, 1.54) is 6.92 Å². The van der Waals surface area contributed by atoms with E-state index >= 15 is 0 Å². The van der Waals surface area contributed by atoms with Crippen molar-refractivity contribution >= 4 is 5.69 Å². The minimum atomic E-state index is -5.00. The highest BCUT2D eigenvalue weighted by Gasteiger charge is 2.37. The van der Waals surface area contributed by atoms with E-state index in [4.69, 9.17) is 5.73 Å². The second kappa shape index (κ2) is 4.28. The van der Waals surface area contributed by atoms with Crippen molar-refractivity contribution in [1.82, 2.24) is 0 Å². The molecule has 0 saturated carbocycles. The molecule has 1 atom stereocenters. The molecule has 1 aromatic rings. The van der Waals surface area contributed by atoms with E-state index in [0.717, 1.165) is 0 Å². The van der Waals surface area contributed by atoms with Crippen LogP contribution in [0.15, 0.2) is 12.1 Å². The lowest BCUT2D eigenvalue weighted by molar-refractivity contribution is -0.385. The van der Waals surface area contributed by atoms with E-state index in [-0.39, 0.29) is 6.07 Å². The first-order chi connectivity index (χ1) is 7.64. The van der Waals surface area contributed by atoms with E-state index in [0.29, 0.717) is 6.07 Å². The number of benzene rings is 1. The minimum Gasteiger partial charge on any atom is -0.324 e. The van der Waals surface area contributed by atoms with Crippen LogP contribution < -0.4 is 5.73 Å². The molecule has 0 aliphatic carbocycles. The van der Waals surface area contributed by atoms with Crippen molar-refractivity contribution in [3.63, 3.8) is 0 Å². The Kier molecular flexibility index (Phi) is 3.37. The number of hydrogen-bond donors (Lipinski definition) is 1. The Morgan fingerprint density at radius 3 is 2.29 bits per heavy atom. The van der Waals surface area contributed by atoms with Crippen LogP contribution in [0.25, 0.3) is 0 Å². The number of nitrogens with zero attached hydrogens (tertiary/aromatic N) is 1. The third-order valence-corrected chi connectivity index (χ3v) is 2.09. The number of alkyl halides is 3. The lowest BCUT2D eigenvalue weighted by Gasteiger charge is -2.13. The maximum Gasteiger partial charge on any atom is 0.419 e. The fourth-order valence-corrected chi connectivity index (χ4v) is 1.27. The largest absolute Gasteiger partial charge is 0.419 e. The van der Waals surface area contributed by atoms with Crippen molar-refractivity contribution in [2.24, 2.45) is 5.73 Å². The molecule has 0 unspecified atom stereocenters. The number of non-ortho nitro benzene ring substituents is 1. The monoisotopic (exact) mass is 252 g/mol. The molecule has 1 aromatic carbocycles. The van der Waals surface area contributed by atoms with Crippen molar-refractivity contribution in [3.05, 3.63) is 39.2 Å². The predicted octanol–water partition coefficient (Wildman–Crippen LogP) is 2.77. The zero-order valence-corrected chi connectivity index (χ0v) is 8.58. The van der Waals surface area contributed by atoms with Crippen LogP contribution in [-0.2, 0) is 6.18 Å². The Morgan fingerprint density at radius 1 is 1.41 bits per heavy atom. The van der Waals surface area contributed by atoms with Crippen LogP contribution >= 0.6 is 0 Å². The fourth-order valence-electron chi connectivity index (χ4n) is 1.27. The Morgan fingerprint density at radius 2 is 1.94 bits per heavy atom. The van der Waals surface area contributed by atoms with Gasteiger partial charge in [-0.2, -0.15) is 13.2 Å². The molecule has 0 aromatic heterocycles. The molecule has 0 amide bonds. The molecule has 4 nitrogen and oxygen atoms in total. The van der Waals surface area contributed by atoms with Gasteiger partial charge < -0.3 is 5.73 Å². The molecule has 0 heterocycles. The van der Waals surface area contributed by atoms with E-state index in [2.05, 4.69) is 0 Å². The second-order valence-electron chi connectivity index (χ2n) is 3.44. The average Bonchev–Trinajstić information content (AvgIpc) is 2.15. The van der Waals surface area contributed by atoms with Gasteiger partial charge >= 0.3 is 6.18 Å².